The van der Waals surface area contributed by atoms with Crippen LogP contribution in [0, 0.1) is 0 Å². The first kappa shape index (κ1) is 36.9. The van der Waals surface area contributed by atoms with Gasteiger partial charge < -0.3 is 19.5 Å². The van der Waals surface area contributed by atoms with E-state index >= 15 is 0 Å². The van der Waals surface area contributed by atoms with Crippen molar-refractivity contribution in [3.63, 3.8) is 0 Å². The summed E-state index contributed by atoms with van der Waals surface area (Å²) < 4.78 is 8.77. The lowest BCUT2D eigenvalue weighted by molar-refractivity contribution is 0.279. The highest BCUT2D eigenvalue weighted by Crippen LogP contribution is 2.47. The molecule has 7 aromatic carbocycles. The molecule has 0 saturated carbocycles. The van der Waals surface area contributed by atoms with E-state index in [4.69, 9.17) is 14.7 Å². The van der Waals surface area contributed by atoms with E-state index in [9.17, 15) is 0 Å². The Kier molecular flexibility index (Phi) is 8.89. The van der Waals surface area contributed by atoms with Gasteiger partial charge in [0.05, 0.1) is 16.7 Å². The topological polar surface area (TPSA) is 54.1 Å². The third kappa shape index (κ3) is 6.33. The van der Waals surface area contributed by atoms with Gasteiger partial charge in [-0.3, -0.25) is 0 Å². The Morgan fingerprint density at radius 1 is 0.683 bits per heavy atom. The molecule has 12 rings (SSSR count). The second-order valence-corrected chi connectivity index (χ2v) is 16.4. The molecule has 4 aliphatic rings. The highest BCUT2D eigenvalue weighted by atomic mass is 16.5. The predicted molar refractivity (Wildman–Crippen MR) is 260 cm³/mol. The van der Waals surface area contributed by atoms with E-state index in [2.05, 4.69) is 198 Å². The molecule has 0 amide bonds. The lowest BCUT2D eigenvalue weighted by Gasteiger charge is -2.25. The minimum Gasteiger partial charge on any atom is -0.485 e. The van der Waals surface area contributed by atoms with E-state index in [1.165, 1.54) is 66.7 Å². The quantitative estimate of drug-likeness (QED) is 0.174. The fraction of sp³-hybridized carbons (Fsp3) is 0.0877. The van der Waals surface area contributed by atoms with Gasteiger partial charge in [-0.25, -0.2) is 9.98 Å². The van der Waals surface area contributed by atoms with Crippen molar-refractivity contribution in [3.8, 4) is 16.9 Å². The Hall–Kier alpha value is -7.96. The Morgan fingerprint density at radius 3 is 2.29 bits per heavy atom. The normalized spacial score (nSPS) is 18.4. The van der Waals surface area contributed by atoms with Gasteiger partial charge in [0.2, 0.25) is 0 Å². The maximum Gasteiger partial charge on any atom is 0.159 e. The van der Waals surface area contributed by atoms with E-state index in [0.717, 1.165) is 52.6 Å². The number of amidine groups is 2. The molecule has 0 unspecified atom stereocenters. The van der Waals surface area contributed by atoms with Crippen molar-refractivity contribution >= 4 is 56.1 Å². The van der Waals surface area contributed by atoms with Gasteiger partial charge in [-0.1, -0.05) is 133 Å². The van der Waals surface area contributed by atoms with E-state index in [0.29, 0.717) is 0 Å². The third-order valence-electron chi connectivity index (χ3n) is 12.7. The average Bonchev–Trinajstić information content (AvgIpc) is 4.03. The number of allylic oxidation sites excluding steroid dienone is 6. The summed E-state index contributed by atoms with van der Waals surface area (Å²) in [5.74, 6) is 2.49. The number of anilines is 2. The highest BCUT2D eigenvalue weighted by molar-refractivity contribution is 6.14. The maximum absolute atomic E-state index is 6.34. The summed E-state index contributed by atoms with van der Waals surface area (Å²) >= 11 is 0. The smallest absolute Gasteiger partial charge is 0.159 e. The molecule has 63 heavy (non-hydrogen) atoms. The van der Waals surface area contributed by atoms with E-state index in [-0.39, 0.29) is 12.3 Å². The van der Waals surface area contributed by atoms with Crippen molar-refractivity contribution in [2.45, 2.75) is 32.0 Å². The Balaban J connectivity index is 0.907. The third-order valence-corrected chi connectivity index (χ3v) is 12.7. The van der Waals surface area contributed by atoms with Crippen molar-refractivity contribution in [2.24, 2.45) is 9.98 Å². The fourth-order valence-corrected chi connectivity index (χ4v) is 9.75. The molecule has 6 heteroatoms. The van der Waals surface area contributed by atoms with Crippen LogP contribution in [-0.2, 0) is 6.42 Å². The van der Waals surface area contributed by atoms with Gasteiger partial charge in [0.25, 0.3) is 0 Å². The first-order valence-corrected chi connectivity index (χ1v) is 21.8. The van der Waals surface area contributed by atoms with Crippen LogP contribution in [0.4, 0.5) is 11.4 Å². The summed E-state index contributed by atoms with van der Waals surface area (Å²) in [5, 5.41) is 6.12. The molecule has 2 atom stereocenters. The molecule has 0 fully saturated rings. The van der Waals surface area contributed by atoms with Gasteiger partial charge in [0.1, 0.15) is 23.9 Å². The summed E-state index contributed by atoms with van der Waals surface area (Å²) in [5.41, 5.74) is 16.4. The molecule has 8 aromatic rings. The molecule has 302 valence electrons. The number of aromatic nitrogens is 1. The van der Waals surface area contributed by atoms with Crippen LogP contribution in [0.1, 0.15) is 47.3 Å². The Labute approximate surface area is 366 Å². The van der Waals surface area contributed by atoms with Crippen LogP contribution in [0.15, 0.2) is 216 Å². The SMILES string of the molecule is C/C=C\C=C1/Cc2c(-c3ccc4c(c3)c3ccccc3n4C3=CC[C@@H]4Oc5ccccc5C4=C3)cccc2N1c1ccc(C2=NC(c3ccccc3)=N[C@H](c3ccccc3)N2)cc1. The van der Waals surface area contributed by atoms with Crippen LogP contribution in [0.2, 0.25) is 0 Å². The minimum atomic E-state index is -0.252. The molecule has 4 heterocycles. The van der Waals surface area contributed by atoms with Crippen LogP contribution in [0.5, 0.6) is 5.75 Å². The number of ether oxygens (including phenoxy) is 1. The zero-order valence-corrected chi connectivity index (χ0v) is 34.8. The molecule has 6 nitrogen and oxygen atoms in total. The van der Waals surface area contributed by atoms with Crippen molar-refractivity contribution in [3.05, 3.63) is 234 Å². The van der Waals surface area contributed by atoms with Crippen LogP contribution in [0.25, 0.3) is 44.2 Å². The number of para-hydroxylation sites is 2. The number of hydrogen-bond acceptors (Lipinski definition) is 5. The number of rotatable bonds is 7. The van der Waals surface area contributed by atoms with E-state index in [1.54, 1.807) is 0 Å². The van der Waals surface area contributed by atoms with Gasteiger partial charge in [-0.15, -0.1) is 0 Å². The highest BCUT2D eigenvalue weighted by Gasteiger charge is 2.32. The number of fused-ring (bicyclic) bond motifs is 7. The monoisotopic (exact) mass is 813 g/mol. The number of nitrogens with one attached hydrogen (secondary N) is 1. The summed E-state index contributed by atoms with van der Waals surface area (Å²) in [6, 6.07) is 60.3. The van der Waals surface area contributed by atoms with Crippen molar-refractivity contribution < 1.29 is 4.74 Å². The Bertz CT molecular complexity index is 3300. The molecule has 1 aliphatic carbocycles. The zero-order chi connectivity index (χ0) is 41.9. The van der Waals surface area contributed by atoms with Crippen molar-refractivity contribution in [1.82, 2.24) is 9.88 Å². The van der Waals surface area contributed by atoms with Crippen LogP contribution < -0.4 is 15.0 Å². The largest absolute Gasteiger partial charge is 0.485 e. The molecule has 1 N–H and O–H groups in total. The second kappa shape index (κ2) is 15.2. The number of hydrogen-bond donors (Lipinski definition) is 1. The molecule has 3 aliphatic heterocycles. The van der Waals surface area contributed by atoms with E-state index < -0.39 is 0 Å². The average molecular weight is 814 g/mol. The molecular formula is C57H43N5O. The van der Waals surface area contributed by atoms with Gasteiger partial charge in [0.15, 0.2) is 5.84 Å². The standard InChI is InChI=1S/C57H43N5O/c1-2-3-19-42-35-48-44(40-28-32-52-47(34-40)45-20-10-12-23-50(45)62(52)43-31-33-54-49(36-43)46-21-11-13-25-53(46)63-54)22-14-24-51(48)61(42)41-29-26-39(27-30-41)57-59-55(37-15-6-4-7-16-37)58-56(60-57)38-17-8-5-9-18-38/h2-32,34,36,54-55H,33,35H2,1H3,(H,58,59,60)/b3-2-,42-19+/t54-,55-/m0/s1. The first-order chi connectivity index (χ1) is 31.2. The maximum atomic E-state index is 6.34. The fourth-order valence-electron chi connectivity index (χ4n) is 9.75. The number of benzene rings is 7. The summed E-state index contributed by atoms with van der Waals surface area (Å²) in [6.45, 7) is 2.07. The Morgan fingerprint density at radius 2 is 1.43 bits per heavy atom. The van der Waals surface area contributed by atoms with Gasteiger partial charge in [-0.2, -0.15) is 0 Å². The molecule has 0 spiro atoms. The van der Waals surface area contributed by atoms with Crippen molar-refractivity contribution in [1.29, 1.82) is 0 Å². The van der Waals surface area contributed by atoms with Crippen LogP contribution in [-0.4, -0.2) is 22.3 Å². The molecule has 0 saturated heterocycles. The lowest BCUT2D eigenvalue weighted by Crippen LogP contribution is -2.33. The number of nitrogens with zero attached hydrogens (tertiary/aromatic N) is 4. The summed E-state index contributed by atoms with van der Waals surface area (Å²) in [7, 11) is 0. The van der Waals surface area contributed by atoms with Gasteiger partial charge in [0, 0.05) is 63.0 Å². The second-order valence-electron chi connectivity index (χ2n) is 16.4. The lowest BCUT2D eigenvalue weighted by atomic mass is 9.95. The van der Waals surface area contributed by atoms with Gasteiger partial charge >= 0.3 is 0 Å². The molecule has 1 aromatic heterocycles. The van der Waals surface area contributed by atoms with Gasteiger partial charge in [-0.05, 0) is 95.9 Å². The van der Waals surface area contributed by atoms with E-state index in [1.807, 2.05) is 24.3 Å². The molecule has 0 radical (unpaired) electrons. The summed E-state index contributed by atoms with van der Waals surface area (Å²) in [4.78, 5) is 12.5. The predicted octanol–water partition coefficient (Wildman–Crippen LogP) is 13.2. The zero-order valence-electron chi connectivity index (χ0n) is 34.8. The summed E-state index contributed by atoms with van der Waals surface area (Å²) in [6.07, 6.45) is 12.6. The first-order valence-electron chi connectivity index (χ1n) is 21.8. The molecule has 0 bridgehead atoms. The van der Waals surface area contributed by atoms with Crippen LogP contribution >= 0.6 is 0 Å². The number of aliphatic imine (C=N–C) groups is 2. The van der Waals surface area contributed by atoms with Crippen LogP contribution in [0.3, 0.4) is 0 Å². The minimum absolute atomic E-state index is 0.0642. The van der Waals surface area contributed by atoms with Crippen molar-refractivity contribution in [2.75, 3.05) is 4.90 Å². The molecular weight excluding hydrogens is 771 g/mol.